The number of hydrogen-bond donors (Lipinski definition) is 2. The summed E-state index contributed by atoms with van der Waals surface area (Å²) in [5.74, 6) is 1.58. The van der Waals surface area contributed by atoms with E-state index in [0.29, 0.717) is 17.9 Å². The molecule has 0 radical (unpaired) electrons. The summed E-state index contributed by atoms with van der Waals surface area (Å²) in [5, 5.41) is 7.81. The van der Waals surface area contributed by atoms with Gasteiger partial charge in [0.1, 0.15) is 11.8 Å². The molecule has 1 unspecified atom stereocenters. The van der Waals surface area contributed by atoms with Crippen molar-refractivity contribution in [1.29, 1.82) is 0 Å². The number of carbonyl (C=O) groups is 2. The van der Waals surface area contributed by atoms with Crippen LogP contribution in [0.1, 0.15) is 11.1 Å². The molecule has 4 aromatic carbocycles. The first-order valence-corrected chi connectivity index (χ1v) is 13.2. The van der Waals surface area contributed by atoms with E-state index in [9.17, 15) is 9.59 Å². The first kappa shape index (κ1) is 26.1. The third-order valence-corrected chi connectivity index (χ3v) is 6.93. The highest BCUT2D eigenvalue weighted by atomic mass is 32.2. The molecule has 0 heterocycles. The van der Waals surface area contributed by atoms with Crippen molar-refractivity contribution in [2.24, 2.45) is 0 Å². The number of anilines is 1. The zero-order valence-corrected chi connectivity index (χ0v) is 21.5. The van der Waals surface area contributed by atoms with Crippen LogP contribution in [0.2, 0.25) is 0 Å². The quantitative estimate of drug-likeness (QED) is 0.255. The molecule has 0 bridgehead atoms. The van der Waals surface area contributed by atoms with E-state index >= 15 is 0 Å². The van der Waals surface area contributed by atoms with Gasteiger partial charge in [-0.25, -0.2) is 4.79 Å². The van der Waals surface area contributed by atoms with Crippen LogP contribution in [-0.2, 0) is 21.7 Å². The average molecular weight is 515 g/mol. The second-order valence-corrected chi connectivity index (χ2v) is 9.48. The van der Waals surface area contributed by atoms with Gasteiger partial charge in [-0.3, -0.25) is 4.79 Å². The monoisotopic (exact) mass is 514 g/mol. The topological polar surface area (TPSA) is 76.7 Å². The number of benzene rings is 4. The molecule has 0 aliphatic heterocycles. The van der Waals surface area contributed by atoms with E-state index in [1.807, 2.05) is 97.1 Å². The zero-order chi connectivity index (χ0) is 25.9. The van der Waals surface area contributed by atoms with Crippen molar-refractivity contribution in [3.63, 3.8) is 0 Å². The Morgan fingerprint density at radius 2 is 1.59 bits per heavy atom. The maximum absolute atomic E-state index is 13.2. The van der Waals surface area contributed by atoms with Crippen molar-refractivity contribution in [2.75, 3.05) is 24.8 Å². The molecule has 6 nitrogen and oxygen atoms in total. The van der Waals surface area contributed by atoms with Crippen LogP contribution in [0.3, 0.4) is 0 Å². The zero-order valence-electron chi connectivity index (χ0n) is 20.7. The molecule has 0 spiro atoms. The lowest BCUT2D eigenvalue weighted by molar-refractivity contribution is -0.117. The largest absolute Gasteiger partial charge is 0.496 e. The lowest BCUT2D eigenvalue weighted by Crippen LogP contribution is -2.45. The molecule has 2 amide bonds. The fourth-order valence-electron chi connectivity index (χ4n) is 3.90. The lowest BCUT2D eigenvalue weighted by Gasteiger charge is -2.18. The minimum Gasteiger partial charge on any atom is -0.496 e. The second-order valence-electron chi connectivity index (χ2n) is 8.45. The minimum absolute atomic E-state index is 0.169. The van der Waals surface area contributed by atoms with Crippen molar-refractivity contribution in [3.8, 4) is 5.75 Å². The number of thioether (sulfide) groups is 1. The van der Waals surface area contributed by atoms with Gasteiger partial charge in [0.25, 0.3) is 0 Å². The molecular weight excluding hydrogens is 484 g/mol. The number of nitrogens with one attached hydrogen (secondary N) is 2. The average Bonchev–Trinajstić information content (AvgIpc) is 2.93. The van der Waals surface area contributed by atoms with Crippen molar-refractivity contribution in [1.82, 2.24) is 5.32 Å². The number of fused-ring (bicyclic) bond motifs is 1. The van der Waals surface area contributed by atoms with Gasteiger partial charge in [-0.15, -0.1) is 0 Å². The van der Waals surface area contributed by atoms with Crippen LogP contribution >= 0.6 is 11.8 Å². The Balaban J connectivity index is 1.37. The van der Waals surface area contributed by atoms with Gasteiger partial charge < -0.3 is 20.1 Å². The molecule has 2 N–H and O–H groups in total. The van der Waals surface area contributed by atoms with Gasteiger partial charge in [-0.2, -0.15) is 11.8 Å². The lowest BCUT2D eigenvalue weighted by atomic mass is 10.1. The summed E-state index contributed by atoms with van der Waals surface area (Å²) in [7, 11) is 1.61. The van der Waals surface area contributed by atoms with Crippen LogP contribution in [-0.4, -0.2) is 37.5 Å². The summed E-state index contributed by atoms with van der Waals surface area (Å²) in [6.45, 7) is 0.169. The van der Waals surface area contributed by atoms with E-state index in [4.69, 9.17) is 9.47 Å². The summed E-state index contributed by atoms with van der Waals surface area (Å²) < 4.78 is 10.8. The van der Waals surface area contributed by atoms with E-state index in [0.717, 1.165) is 33.4 Å². The Kier molecular flexibility index (Phi) is 9.43. The summed E-state index contributed by atoms with van der Waals surface area (Å²) in [4.78, 5) is 25.8. The molecule has 0 fully saturated rings. The minimum atomic E-state index is -0.765. The molecule has 0 saturated heterocycles. The van der Waals surface area contributed by atoms with E-state index in [-0.39, 0.29) is 12.5 Å². The Hall–Kier alpha value is -3.97. The molecule has 0 saturated carbocycles. The second kappa shape index (κ2) is 13.4. The van der Waals surface area contributed by atoms with Crippen LogP contribution in [0, 0.1) is 0 Å². The van der Waals surface area contributed by atoms with Crippen LogP contribution in [0.4, 0.5) is 10.5 Å². The third kappa shape index (κ3) is 7.75. The summed E-state index contributed by atoms with van der Waals surface area (Å²) in [6, 6.07) is 30.5. The predicted octanol–water partition coefficient (Wildman–Crippen LogP) is 6.06. The number of rotatable bonds is 11. The van der Waals surface area contributed by atoms with Gasteiger partial charge >= 0.3 is 6.09 Å². The smallest absolute Gasteiger partial charge is 0.407 e. The maximum atomic E-state index is 13.2. The van der Waals surface area contributed by atoms with Crippen molar-refractivity contribution < 1.29 is 19.1 Å². The number of para-hydroxylation sites is 1. The first-order chi connectivity index (χ1) is 18.1. The molecule has 190 valence electrons. The summed E-state index contributed by atoms with van der Waals surface area (Å²) >= 11 is 1.58. The fraction of sp³-hybridized carbons (Fsp3) is 0.200. The molecular formula is C30H30N2O4S. The predicted molar refractivity (Wildman–Crippen MR) is 150 cm³/mol. The van der Waals surface area contributed by atoms with Gasteiger partial charge in [-0.1, -0.05) is 78.9 Å². The van der Waals surface area contributed by atoms with E-state index in [1.54, 1.807) is 18.9 Å². The van der Waals surface area contributed by atoms with E-state index in [1.165, 1.54) is 0 Å². The van der Waals surface area contributed by atoms with Crippen molar-refractivity contribution >= 4 is 40.2 Å². The number of hydrogen-bond acceptors (Lipinski definition) is 5. The van der Waals surface area contributed by atoms with Crippen molar-refractivity contribution in [3.05, 3.63) is 108 Å². The highest BCUT2D eigenvalue weighted by Crippen LogP contribution is 2.20. The highest BCUT2D eigenvalue weighted by molar-refractivity contribution is 7.98. The number of methoxy groups -OCH3 is 1. The number of amides is 2. The molecule has 4 rings (SSSR count). The van der Waals surface area contributed by atoms with Crippen LogP contribution in [0.15, 0.2) is 97.1 Å². The van der Waals surface area contributed by atoms with Gasteiger partial charge in [-0.05, 0) is 40.1 Å². The van der Waals surface area contributed by atoms with E-state index in [2.05, 4.69) is 10.6 Å². The Morgan fingerprint density at radius 1 is 0.865 bits per heavy atom. The molecule has 7 heteroatoms. The Labute approximate surface area is 221 Å². The molecule has 0 aromatic heterocycles. The molecule has 0 aliphatic carbocycles. The van der Waals surface area contributed by atoms with Crippen LogP contribution in [0.5, 0.6) is 5.75 Å². The normalized spacial score (nSPS) is 11.5. The number of ether oxygens (including phenoxy) is 2. The number of carbonyl (C=O) groups excluding carboxylic acids is 2. The van der Waals surface area contributed by atoms with Gasteiger partial charge in [0.2, 0.25) is 5.91 Å². The van der Waals surface area contributed by atoms with Gasteiger partial charge in [0.15, 0.2) is 0 Å². The summed E-state index contributed by atoms with van der Waals surface area (Å²) in [6.07, 6.45) is -0.123. The fourth-order valence-corrected chi connectivity index (χ4v) is 4.91. The SMILES string of the molecule is COc1ccccc1CCOC(=O)NC(CSCc1ccccc1)C(=O)Nc1ccc2ccccc2c1. The first-order valence-electron chi connectivity index (χ1n) is 12.1. The van der Waals surface area contributed by atoms with E-state index < -0.39 is 12.1 Å². The summed E-state index contributed by atoms with van der Waals surface area (Å²) in [5.41, 5.74) is 2.77. The Bertz CT molecular complexity index is 1330. The molecule has 0 aliphatic rings. The van der Waals surface area contributed by atoms with Crippen molar-refractivity contribution in [2.45, 2.75) is 18.2 Å². The van der Waals surface area contributed by atoms with Gasteiger partial charge in [0.05, 0.1) is 13.7 Å². The van der Waals surface area contributed by atoms with Crippen LogP contribution < -0.4 is 15.4 Å². The third-order valence-electron chi connectivity index (χ3n) is 5.82. The number of alkyl carbamates (subject to hydrolysis) is 1. The molecule has 1 atom stereocenters. The molecule has 37 heavy (non-hydrogen) atoms. The standard InChI is InChI=1S/C30H30N2O4S/c1-35-28-14-8-7-12-24(28)17-18-36-30(34)32-27(21-37-20-22-9-3-2-4-10-22)29(33)31-26-16-15-23-11-5-6-13-25(23)19-26/h2-16,19,27H,17-18,20-21H2,1H3,(H,31,33)(H,32,34). The maximum Gasteiger partial charge on any atom is 0.407 e. The Morgan fingerprint density at radius 3 is 2.41 bits per heavy atom. The van der Waals surface area contributed by atoms with Crippen LogP contribution in [0.25, 0.3) is 10.8 Å². The molecule has 4 aromatic rings. The van der Waals surface area contributed by atoms with Gasteiger partial charge in [0, 0.05) is 23.6 Å². The highest BCUT2D eigenvalue weighted by Gasteiger charge is 2.22.